The Morgan fingerprint density at radius 1 is 1.26 bits per heavy atom. The summed E-state index contributed by atoms with van der Waals surface area (Å²) in [5.41, 5.74) is -1.32. The minimum Gasteiger partial charge on any atom is -0.338 e. The predicted molar refractivity (Wildman–Crippen MR) is 63.0 cm³/mol. The van der Waals surface area contributed by atoms with Crippen LogP contribution in [0.2, 0.25) is 0 Å². The molecule has 0 aliphatic heterocycles. The van der Waals surface area contributed by atoms with Crippen LogP contribution in [0.3, 0.4) is 0 Å². The van der Waals surface area contributed by atoms with Gasteiger partial charge in [0.15, 0.2) is 11.6 Å². The molecule has 0 unspecified atom stereocenters. The van der Waals surface area contributed by atoms with Crippen LogP contribution in [0.4, 0.5) is 14.5 Å². The highest BCUT2D eigenvalue weighted by atomic mass is 19.2. The van der Waals surface area contributed by atoms with Gasteiger partial charge in [0.2, 0.25) is 0 Å². The summed E-state index contributed by atoms with van der Waals surface area (Å²) in [5, 5.41) is 10.7. The number of aromatic nitrogens is 1. The van der Waals surface area contributed by atoms with Gasteiger partial charge in [-0.3, -0.25) is 14.9 Å². The number of pyridine rings is 1. The van der Waals surface area contributed by atoms with Crippen molar-refractivity contribution in [2.24, 2.45) is 0 Å². The maximum Gasteiger partial charge on any atom is 0.332 e. The summed E-state index contributed by atoms with van der Waals surface area (Å²) >= 11 is 0. The minimum absolute atomic E-state index is 0.00617. The van der Waals surface area contributed by atoms with E-state index in [1.165, 1.54) is 4.57 Å². The molecule has 1 aromatic carbocycles. The van der Waals surface area contributed by atoms with Crippen molar-refractivity contribution in [1.29, 1.82) is 0 Å². The Hall–Kier alpha value is -2.31. The Morgan fingerprint density at radius 2 is 1.89 bits per heavy atom. The molecule has 19 heavy (non-hydrogen) atoms. The van der Waals surface area contributed by atoms with E-state index in [-0.39, 0.29) is 16.9 Å². The van der Waals surface area contributed by atoms with Crippen LogP contribution in [0.5, 0.6) is 0 Å². The summed E-state index contributed by atoms with van der Waals surface area (Å²) in [6.07, 6.45) is 2.71. The van der Waals surface area contributed by atoms with Crippen molar-refractivity contribution < 1.29 is 13.7 Å². The van der Waals surface area contributed by atoms with E-state index in [0.29, 0.717) is 0 Å². The first-order chi connectivity index (χ1) is 8.99. The first-order valence-electron chi connectivity index (χ1n) is 5.67. The second-order valence-electron chi connectivity index (χ2n) is 4.52. The van der Waals surface area contributed by atoms with Gasteiger partial charge in [0.1, 0.15) is 0 Å². The van der Waals surface area contributed by atoms with Gasteiger partial charge in [-0.2, -0.15) is 0 Å². The largest absolute Gasteiger partial charge is 0.338 e. The summed E-state index contributed by atoms with van der Waals surface area (Å²) in [7, 11) is 0. The number of hydrogen-bond acceptors (Lipinski definition) is 3. The minimum atomic E-state index is -1.19. The Labute approximate surface area is 105 Å². The number of halogens is 2. The van der Waals surface area contributed by atoms with Crippen LogP contribution in [-0.2, 0) is 0 Å². The summed E-state index contributed by atoms with van der Waals surface area (Å²) in [5.74, 6) is -2.26. The number of fused-ring (bicyclic) bond motifs is 1. The molecule has 5 nitrogen and oxygen atoms in total. The molecule has 1 aliphatic carbocycles. The second kappa shape index (κ2) is 3.84. The molecule has 0 saturated heterocycles. The second-order valence-corrected chi connectivity index (χ2v) is 4.52. The van der Waals surface area contributed by atoms with E-state index >= 15 is 0 Å². The van der Waals surface area contributed by atoms with Crippen molar-refractivity contribution in [1.82, 2.24) is 4.57 Å². The van der Waals surface area contributed by atoms with Crippen molar-refractivity contribution in [3.63, 3.8) is 0 Å². The fourth-order valence-electron chi connectivity index (χ4n) is 2.11. The number of nitro groups is 1. The van der Waals surface area contributed by atoms with Gasteiger partial charge in [0, 0.05) is 12.1 Å². The summed E-state index contributed by atoms with van der Waals surface area (Å²) in [4.78, 5) is 21.9. The normalized spacial score (nSPS) is 14.8. The van der Waals surface area contributed by atoms with E-state index in [1.54, 1.807) is 0 Å². The van der Waals surface area contributed by atoms with Gasteiger partial charge in [-0.15, -0.1) is 0 Å². The highest BCUT2D eigenvalue weighted by Crippen LogP contribution is 2.37. The first kappa shape index (κ1) is 11.8. The van der Waals surface area contributed by atoms with Crippen LogP contribution in [0.25, 0.3) is 10.9 Å². The zero-order chi connectivity index (χ0) is 13.7. The van der Waals surface area contributed by atoms with Crippen LogP contribution in [0, 0.1) is 21.7 Å². The third-order valence-electron chi connectivity index (χ3n) is 3.19. The van der Waals surface area contributed by atoms with Gasteiger partial charge in [0.25, 0.3) is 5.43 Å². The van der Waals surface area contributed by atoms with E-state index in [2.05, 4.69) is 0 Å². The molecule has 0 atom stereocenters. The Bertz CT molecular complexity index is 766. The Kier molecular flexibility index (Phi) is 2.38. The molecule has 0 radical (unpaired) electrons. The maximum atomic E-state index is 13.3. The SMILES string of the molecule is O=c1c([N+](=O)[O-])cn(C2CC2)c2cc(F)c(F)cc12. The van der Waals surface area contributed by atoms with E-state index in [9.17, 15) is 23.7 Å². The first-order valence-corrected chi connectivity index (χ1v) is 5.67. The van der Waals surface area contributed by atoms with Crippen molar-refractivity contribution in [2.45, 2.75) is 18.9 Å². The number of benzene rings is 1. The van der Waals surface area contributed by atoms with E-state index < -0.39 is 27.7 Å². The third-order valence-corrected chi connectivity index (χ3v) is 3.19. The fourth-order valence-corrected chi connectivity index (χ4v) is 2.11. The van der Waals surface area contributed by atoms with Crippen LogP contribution in [0.15, 0.2) is 23.1 Å². The lowest BCUT2D eigenvalue weighted by Gasteiger charge is -2.09. The zero-order valence-corrected chi connectivity index (χ0v) is 9.60. The Balaban J connectivity index is 2.45. The topological polar surface area (TPSA) is 65.1 Å². The molecular weight excluding hydrogens is 258 g/mol. The monoisotopic (exact) mass is 266 g/mol. The van der Waals surface area contributed by atoms with Gasteiger partial charge >= 0.3 is 5.69 Å². The molecule has 7 heteroatoms. The lowest BCUT2D eigenvalue weighted by Crippen LogP contribution is -2.14. The molecule has 2 aromatic rings. The number of hydrogen-bond donors (Lipinski definition) is 0. The number of rotatable bonds is 2. The molecule has 1 heterocycles. The molecule has 0 N–H and O–H groups in total. The van der Waals surface area contributed by atoms with Gasteiger partial charge in [-0.25, -0.2) is 8.78 Å². The van der Waals surface area contributed by atoms with Crippen molar-refractivity contribution in [3.8, 4) is 0 Å². The summed E-state index contributed by atoms with van der Waals surface area (Å²) in [6.45, 7) is 0. The number of nitrogens with zero attached hydrogens (tertiary/aromatic N) is 2. The highest BCUT2D eigenvalue weighted by Gasteiger charge is 2.28. The van der Waals surface area contributed by atoms with Crippen molar-refractivity contribution in [2.75, 3.05) is 0 Å². The highest BCUT2D eigenvalue weighted by molar-refractivity contribution is 5.81. The van der Waals surface area contributed by atoms with Crippen molar-refractivity contribution in [3.05, 3.63) is 50.3 Å². The van der Waals surface area contributed by atoms with E-state index in [4.69, 9.17) is 0 Å². The summed E-state index contributed by atoms with van der Waals surface area (Å²) in [6, 6.07) is 1.64. The molecule has 98 valence electrons. The average Bonchev–Trinajstić information content (AvgIpc) is 3.16. The van der Waals surface area contributed by atoms with Crippen LogP contribution in [-0.4, -0.2) is 9.49 Å². The van der Waals surface area contributed by atoms with Crippen LogP contribution < -0.4 is 5.43 Å². The molecule has 3 rings (SSSR count). The predicted octanol–water partition coefficient (Wildman–Crippen LogP) is 2.52. The Morgan fingerprint density at radius 3 is 2.47 bits per heavy atom. The quantitative estimate of drug-likeness (QED) is 0.619. The standard InChI is InChI=1S/C12H8F2N2O3/c13-8-3-7-10(4-9(8)14)15(6-1-2-6)5-11(12(7)17)16(18)19/h3-6H,1-2H2. The third kappa shape index (κ3) is 1.78. The lowest BCUT2D eigenvalue weighted by molar-refractivity contribution is -0.386. The molecule has 1 aliphatic rings. The van der Waals surface area contributed by atoms with E-state index in [0.717, 1.165) is 31.2 Å². The van der Waals surface area contributed by atoms with Gasteiger partial charge in [-0.1, -0.05) is 0 Å². The molecule has 0 amide bonds. The smallest absolute Gasteiger partial charge is 0.332 e. The van der Waals surface area contributed by atoms with Crippen molar-refractivity contribution >= 4 is 16.6 Å². The molecule has 0 bridgehead atoms. The molecule has 1 aromatic heterocycles. The van der Waals surface area contributed by atoms with Gasteiger partial charge < -0.3 is 4.57 Å². The fraction of sp³-hybridized carbons (Fsp3) is 0.250. The van der Waals surface area contributed by atoms with Crippen LogP contribution >= 0.6 is 0 Å². The van der Waals surface area contributed by atoms with Gasteiger partial charge in [-0.05, 0) is 18.9 Å². The van der Waals surface area contributed by atoms with Gasteiger partial charge in [0.05, 0.1) is 22.0 Å². The maximum absolute atomic E-state index is 13.3. The average molecular weight is 266 g/mol. The molecule has 1 saturated carbocycles. The summed E-state index contributed by atoms with van der Waals surface area (Å²) < 4.78 is 28.0. The lowest BCUT2D eigenvalue weighted by atomic mass is 10.1. The zero-order valence-electron chi connectivity index (χ0n) is 9.60. The van der Waals surface area contributed by atoms with E-state index in [1.807, 2.05) is 0 Å². The molecular formula is C12H8F2N2O3. The van der Waals surface area contributed by atoms with Crippen LogP contribution in [0.1, 0.15) is 18.9 Å². The molecule has 1 fully saturated rings. The molecule has 0 spiro atoms.